The predicted molar refractivity (Wildman–Crippen MR) is 106 cm³/mol. The number of carbonyl (C=O) groups is 2. The van der Waals surface area contributed by atoms with Gasteiger partial charge in [-0.05, 0) is 11.1 Å². The number of hydrazone groups is 1. The summed E-state index contributed by atoms with van der Waals surface area (Å²) in [4.78, 5) is 26.3. The van der Waals surface area contributed by atoms with E-state index in [0.29, 0.717) is 22.8 Å². The molecule has 2 amide bonds. The summed E-state index contributed by atoms with van der Waals surface area (Å²) in [7, 11) is 0. The Morgan fingerprint density at radius 3 is 2.26 bits per heavy atom. The lowest BCUT2D eigenvalue weighted by Crippen LogP contribution is -2.44. The molecule has 3 rings (SSSR count). The van der Waals surface area contributed by atoms with Gasteiger partial charge >= 0.3 is 0 Å². The number of nitrogens with zero attached hydrogens (tertiary/aromatic N) is 2. The summed E-state index contributed by atoms with van der Waals surface area (Å²) in [5, 5.41) is 15.8. The number of amidine groups is 1. The minimum Gasteiger partial charge on any atom is -0.372 e. The fraction of sp³-hybridized carbons (Fsp3) is 0.150. The van der Waals surface area contributed by atoms with Crippen molar-refractivity contribution >= 4 is 28.7 Å². The third kappa shape index (κ3) is 3.79. The van der Waals surface area contributed by atoms with E-state index in [0.717, 1.165) is 0 Å². The molecule has 27 heavy (non-hydrogen) atoms. The fourth-order valence-corrected chi connectivity index (χ4v) is 3.61. The monoisotopic (exact) mass is 381 g/mol. The van der Waals surface area contributed by atoms with Crippen LogP contribution in [-0.4, -0.2) is 39.3 Å². The van der Waals surface area contributed by atoms with Gasteiger partial charge in [0.15, 0.2) is 10.8 Å². The Hall–Kier alpha value is -2.90. The van der Waals surface area contributed by atoms with Gasteiger partial charge < -0.3 is 5.11 Å². The van der Waals surface area contributed by atoms with Gasteiger partial charge in [-0.15, -0.1) is 11.7 Å². The average Bonchev–Trinajstić information content (AvgIpc) is 3.06. The summed E-state index contributed by atoms with van der Waals surface area (Å²) >= 11 is 1.23. The van der Waals surface area contributed by atoms with Crippen LogP contribution in [0.5, 0.6) is 0 Å². The normalized spacial score (nSPS) is 15.8. The number of hydrogen-bond donors (Lipinski definition) is 2. The number of amides is 2. The second kappa shape index (κ2) is 8.20. The summed E-state index contributed by atoms with van der Waals surface area (Å²) in [6.45, 7) is 3.93. The Bertz CT molecular complexity index is 829. The molecule has 2 aromatic carbocycles. The maximum atomic E-state index is 13.0. The standard InChI is InChI=1S/C20H19N3O3S/c1-2-13-23-17(24)14-27-19(23)22-21-18(25)20(26,15-9-5-3-6-10-15)16-11-7-4-8-12-16/h2-12,26H,1,13-14H2,(H,21,25)/b22-19-. The molecule has 1 aliphatic rings. The topological polar surface area (TPSA) is 82.0 Å². The lowest BCUT2D eigenvalue weighted by Gasteiger charge is -2.27. The quantitative estimate of drug-likeness (QED) is 0.593. The largest absolute Gasteiger partial charge is 0.372 e. The zero-order chi connectivity index (χ0) is 19.3. The second-order valence-electron chi connectivity index (χ2n) is 5.86. The first kappa shape index (κ1) is 18.9. The molecule has 6 nitrogen and oxygen atoms in total. The van der Waals surface area contributed by atoms with Crippen LogP contribution in [0.2, 0.25) is 0 Å². The first-order valence-electron chi connectivity index (χ1n) is 8.33. The summed E-state index contributed by atoms with van der Waals surface area (Å²) in [6.07, 6.45) is 1.59. The SMILES string of the molecule is C=CCN1C(=O)CS/C1=N\NC(=O)C(O)(c1ccccc1)c1ccccc1. The van der Waals surface area contributed by atoms with E-state index >= 15 is 0 Å². The molecule has 0 aliphatic carbocycles. The zero-order valence-corrected chi connectivity index (χ0v) is 15.4. The molecule has 0 radical (unpaired) electrons. The number of benzene rings is 2. The van der Waals surface area contributed by atoms with Crippen molar-refractivity contribution in [3.8, 4) is 0 Å². The van der Waals surface area contributed by atoms with Crippen LogP contribution in [0.4, 0.5) is 0 Å². The highest BCUT2D eigenvalue weighted by molar-refractivity contribution is 8.15. The molecule has 0 atom stereocenters. The second-order valence-corrected chi connectivity index (χ2v) is 6.80. The highest BCUT2D eigenvalue weighted by Crippen LogP contribution is 2.30. The van der Waals surface area contributed by atoms with Crippen molar-refractivity contribution < 1.29 is 14.7 Å². The van der Waals surface area contributed by atoms with E-state index in [4.69, 9.17) is 0 Å². The molecule has 0 unspecified atom stereocenters. The Balaban J connectivity index is 1.92. The molecule has 2 aromatic rings. The van der Waals surface area contributed by atoms with Crippen LogP contribution >= 0.6 is 11.8 Å². The maximum absolute atomic E-state index is 13.0. The van der Waals surface area contributed by atoms with Gasteiger partial charge in [-0.25, -0.2) is 5.43 Å². The fourth-order valence-electron chi connectivity index (χ4n) is 2.76. The van der Waals surface area contributed by atoms with Crippen LogP contribution in [0.15, 0.2) is 78.4 Å². The number of rotatable bonds is 6. The van der Waals surface area contributed by atoms with Crippen molar-refractivity contribution in [1.29, 1.82) is 0 Å². The molecule has 0 saturated carbocycles. The lowest BCUT2D eigenvalue weighted by molar-refractivity contribution is -0.136. The van der Waals surface area contributed by atoms with Crippen molar-refractivity contribution in [2.45, 2.75) is 5.60 Å². The molecule has 0 aromatic heterocycles. The number of carbonyl (C=O) groups excluding carboxylic acids is 2. The number of aliphatic hydroxyl groups is 1. The van der Waals surface area contributed by atoms with Crippen molar-refractivity contribution in [3.05, 3.63) is 84.4 Å². The van der Waals surface area contributed by atoms with Crippen molar-refractivity contribution in [3.63, 3.8) is 0 Å². The molecule has 0 bridgehead atoms. The molecule has 7 heteroatoms. The van der Waals surface area contributed by atoms with Gasteiger partial charge in [0, 0.05) is 6.54 Å². The third-order valence-corrected chi connectivity index (χ3v) is 5.09. The van der Waals surface area contributed by atoms with Crippen LogP contribution in [0.25, 0.3) is 0 Å². The van der Waals surface area contributed by atoms with E-state index in [1.807, 2.05) is 0 Å². The van der Waals surface area contributed by atoms with Gasteiger partial charge in [-0.1, -0.05) is 78.5 Å². The Morgan fingerprint density at radius 2 is 1.74 bits per heavy atom. The van der Waals surface area contributed by atoms with Crippen LogP contribution in [0.3, 0.4) is 0 Å². The van der Waals surface area contributed by atoms with Gasteiger partial charge in [-0.3, -0.25) is 14.5 Å². The van der Waals surface area contributed by atoms with Gasteiger partial charge in [-0.2, -0.15) is 0 Å². The van der Waals surface area contributed by atoms with E-state index in [9.17, 15) is 14.7 Å². The van der Waals surface area contributed by atoms with E-state index in [-0.39, 0.29) is 11.7 Å². The maximum Gasteiger partial charge on any atom is 0.281 e. The number of nitrogens with one attached hydrogen (secondary N) is 1. The predicted octanol–water partition coefficient (Wildman–Crippen LogP) is 2.07. The molecule has 1 fully saturated rings. The van der Waals surface area contributed by atoms with E-state index in [1.165, 1.54) is 16.7 Å². The van der Waals surface area contributed by atoms with Crippen LogP contribution in [0, 0.1) is 0 Å². The average molecular weight is 381 g/mol. The Morgan fingerprint density at radius 1 is 1.19 bits per heavy atom. The lowest BCUT2D eigenvalue weighted by atomic mass is 9.86. The summed E-state index contributed by atoms with van der Waals surface area (Å²) in [6, 6.07) is 17.3. The van der Waals surface area contributed by atoms with Gasteiger partial charge in [0.25, 0.3) is 5.91 Å². The first-order valence-corrected chi connectivity index (χ1v) is 9.31. The smallest absolute Gasteiger partial charge is 0.281 e. The first-order chi connectivity index (χ1) is 13.1. The van der Waals surface area contributed by atoms with Gasteiger partial charge in [0.2, 0.25) is 5.91 Å². The van der Waals surface area contributed by atoms with Crippen molar-refractivity contribution in [2.75, 3.05) is 12.3 Å². The molecular formula is C20H19N3O3S. The van der Waals surface area contributed by atoms with E-state index in [2.05, 4.69) is 17.1 Å². The molecule has 1 saturated heterocycles. The third-order valence-electron chi connectivity index (χ3n) is 4.13. The molecule has 138 valence electrons. The highest BCUT2D eigenvalue weighted by Gasteiger charge is 2.40. The molecule has 2 N–H and O–H groups in total. The molecule has 0 spiro atoms. The number of hydrogen-bond acceptors (Lipinski definition) is 5. The summed E-state index contributed by atoms with van der Waals surface area (Å²) in [5.74, 6) is -0.551. The van der Waals surface area contributed by atoms with Crippen molar-refractivity contribution in [1.82, 2.24) is 10.3 Å². The Kier molecular flexibility index (Phi) is 5.73. The summed E-state index contributed by atoms with van der Waals surface area (Å²) < 4.78 is 0. The van der Waals surface area contributed by atoms with Gasteiger partial charge in [0.05, 0.1) is 5.75 Å². The number of thioether (sulfide) groups is 1. The Labute approximate surface area is 161 Å². The molecule has 1 heterocycles. The van der Waals surface area contributed by atoms with Crippen LogP contribution in [0.1, 0.15) is 11.1 Å². The van der Waals surface area contributed by atoms with Gasteiger partial charge in [0.1, 0.15) is 0 Å². The molecular weight excluding hydrogens is 362 g/mol. The minimum atomic E-state index is -1.91. The molecule has 1 aliphatic heterocycles. The van der Waals surface area contributed by atoms with E-state index < -0.39 is 11.5 Å². The van der Waals surface area contributed by atoms with Crippen molar-refractivity contribution in [2.24, 2.45) is 5.10 Å². The summed E-state index contributed by atoms with van der Waals surface area (Å²) in [5.41, 5.74) is 1.35. The van der Waals surface area contributed by atoms with Crippen LogP contribution < -0.4 is 5.43 Å². The zero-order valence-electron chi connectivity index (χ0n) is 14.5. The van der Waals surface area contributed by atoms with Crippen LogP contribution in [-0.2, 0) is 15.2 Å². The highest BCUT2D eigenvalue weighted by atomic mass is 32.2. The van der Waals surface area contributed by atoms with E-state index in [1.54, 1.807) is 66.7 Å². The minimum absolute atomic E-state index is 0.103.